The quantitative estimate of drug-likeness (QED) is 0.218. The van der Waals surface area contributed by atoms with Crippen molar-refractivity contribution in [1.29, 1.82) is 5.26 Å². The summed E-state index contributed by atoms with van der Waals surface area (Å²) in [4.78, 5) is 16.4. The van der Waals surface area contributed by atoms with Crippen molar-refractivity contribution in [3.63, 3.8) is 0 Å². The highest BCUT2D eigenvalue weighted by atomic mass is 32.2. The molecule has 2 N–H and O–H groups in total. The molecule has 0 atom stereocenters. The van der Waals surface area contributed by atoms with Gasteiger partial charge in [-0.05, 0) is 65.4 Å². The Bertz CT molecular complexity index is 1440. The number of aliphatic carboxylic acids is 1. The monoisotopic (exact) mass is 514 g/mol. The molecule has 186 valence electrons. The largest absolute Gasteiger partial charge is 0.497 e. The van der Waals surface area contributed by atoms with Crippen LogP contribution in [0.2, 0.25) is 0 Å². The fraction of sp³-hybridized carbons (Fsp3) is 0.111. The first kappa shape index (κ1) is 25.3. The summed E-state index contributed by atoms with van der Waals surface area (Å²) in [6, 6.07) is 21.6. The number of aromatic nitrogens is 3. The lowest BCUT2D eigenvalue weighted by molar-refractivity contribution is -0.131. The maximum Gasteiger partial charge on any atom is 0.342 e. The molecule has 3 aromatic carbocycles. The van der Waals surface area contributed by atoms with E-state index >= 15 is 0 Å². The van der Waals surface area contributed by atoms with Gasteiger partial charge in [-0.15, -0.1) is 5.10 Å². The lowest BCUT2D eigenvalue weighted by Gasteiger charge is -2.07. The normalized spacial score (nSPS) is 11.0. The molecule has 0 saturated heterocycles. The molecular formula is C27H22N4O5S. The number of thioether (sulfide) groups is 1. The van der Waals surface area contributed by atoms with Crippen LogP contribution in [-0.2, 0) is 11.4 Å². The molecule has 37 heavy (non-hydrogen) atoms. The fourth-order valence-electron chi connectivity index (χ4n) is 3.25. The summed E-state index contributed by atoms with van der Waals surface area (Å²) in [6.45, 7) is 0.351. The van der Waals surface area contributed by atoms with Crippen LogP contribution in [-0.4, -0.2) is 40.5 Å². The van der Waals surface area contributed by atoms with Crippen molar-refractivity contribution in [2.45, 2.75) is 11.8 Å². The SMILES string of the molecule is COc1cc(OC)cc(-c2nc(S/C(=C\c3ccc(OCc4ccc(C#N)cc4)cc3)C(=O)O)n[nH]2)c1. The van der Waals surface area contributed by atoms with Gasteiger partial charge in [0.05, 0.1) is 25.9 Å². The lowest BCUT2D eigenvalue weighted by Crippen LogP contribution is -1.97. The summed E-state index contributed by atoms with van der Waals surface area (Å²) in [5.41, 5.74) is 2.90. The van der Waals surface area contributed by atoms with Gasteiger partial charge in [0, 0.05) is 11.6 Å². The van der Waals surface area contributed by atoms with Gasteiger partial charge in [-0.3, -0.25) is 5.10 Å². The third kappa shape index (κ3) is 6.68. The van der Waals surface area contributed by atoms with Crippen LogP contribution in [0.1, 0.15) is 16.7 Å². The van der Waals surface area contributed by atoms with Crippen LogP contribution < -0.4 is 14.2 Å². The summed E-state index contributed by atoms with van der Waals surface area (Å²) >= 11 is 0.933. The number of nitrogens with one attached hydrogen (secondary N) is 1. The molecule has 0 amide bonds. The molecule has 1 aromatic heterocycles. The molecule has 0 spiro atoms. The Morgan fingerprint density at radius 2 is 1.70 bits per heavy atom. The van der Waals surface area contributed by atoms with Gasteiger partial charge >= 0.3 is 5.97 Å². The molecule has 10 heteroatoms. The summed E-state index contributed by atoms with van der Waals surface area (Å²) < 4.78 is 16.4. The van der Waals surface area contributed by atoms with Crippen molar-refractivity contribution in [2.75, 3.05) is 14.2 Å². The van der Waals surface area contributed by atoms with E-state index in [1.165, 1.54) is 0 Å². The van der Waals surface area contributed by atoms with Gasteiger partial charge in [0.25, 0.3) is 0 Å². The molecule has 4 aromatic rings. The average Bonchev–Trinajstić information content (AvgIpc) is 3.41. The number of benzene rings is 3. The third-order valence-corrected chi connectivity index (χ3v) is 6.05. The Morgan fingerprint density at radius 1 is 1.03 bits per heavy atom. The maximum atomic E-state index is 11.9. The molecule has 0 aliphatic rings. The van der Waals surface area contributed by atoms with Crippen molar-refractivity contribution in [1.82, 2.24) is 15.2 Å². The smallest absolute Gasteiger partial charge is 0.342 e. The summed E-state index contributed by atoms with van der Waals surface area (Å²) in [5, 5.41) is 25.8. The van der Waals surface area contributed by atoms with E-state index in [2.05, 4.69) is 21.3 Å². The number of H-pyrrole nitrogens is 1. The van der Waals surface area contributed by atoms with Gasteiger partial charge in [0.1, 0.15) is 28.8 Å². The number of ether oxygens (including phenoxy) is 3. The zero-order chi connectivity index (χ0) is 26.2. The Kier molecular flexibility index (Phi) is 8.08. The summed E-state index contributed by atoms with van der Waals surface area (Å²) in [6.07, 6.45) is 1.54. The molecule has 0 bridgehead atoms. The Balaban J connectivity index is 1.44. The number of carboxylic acid groups (broad SMARTS) is 1. The zero-order valence-corrected chi connectivity index (χ0v) is 20.8. The van der Waals surface area contributed by atoms with E-state index < -0.39 is 5.97 Å². The number of hydrogen-bond donors (Lipinski definition) is 2. The number of nitriles is 1. The van der Waals surface area contributed by atoms with Crippen molar-refractivity contribution in [3.05, 3.63) is 88.3 Å². The van der Waals surface area contributed by atoms with Crippen LogP contribution >= 0.6 is 11.8 Å². The molecule has 0 aliphatic carbocycles. The van der Waals surface area contributed by atoms with E-state index in [9.17, 15) is 9.90 Å². The number of nitrogens with zero attached hydrogens (tertiary/aromatic N) is 3. The van der Waals surface area contributed by atoms with Crippen LogP contribution in [0.15, 0.2) is 76.8 Å². The summed E-state index contributed by atoms with van der Waals surface area (Å²) in [5.74, 6) is 1.18. The number of rotatable bonds is 10. The van der Waals surface area contributed by atoms with E-state index in [0.29, 0.717) is 46.4 Å². The number of methoxy groups -OCH3 is 2. The predicted molar refractivity (Wildman–Crippen MR) is 138 cm³/mol. The molecule has 4 rings (SSSR count). The van der Waals surface area contributed by atoms with Crippen molar-refractivity contribution in [2.24, 2.45) is 0 Å². The number of hydrogen-bond acceptors (Lipinski definition) is 8. The minimum Gasteiger partial charge on any atom is -0.497 e. The molecular weight excluding hydrogens is 492 g/mol. The second-order valence-electron chi connectivity index (χ2n) is 7.65. The van der Waals surface area contributed by atoms with Gasteiger partial charge in [-0.2, -0.15) is 5.26 Å². The van der Waals surface area contributed by atoms with Crippen LogP contribution in [0, 0.1) is 11.3 Å². The minimum absolute atomic E-state index is 0.0556. The number of aromatic amines is 1. The molecule has 0 saturated carbocycles. The zero-order valence-electron chi connectivity index (χ0n) is 20.0. The highest BCUT2D eigenvalue weighted by molar-refractivity contribution is 8.04. The second kappa shape index (κ2) is 11.8. The molecule has 9 nitrogen and oxygen atoms in total. The predicted octanol–water partition coefficient (Wildman–Crippen LogP) is 5.16. The van der Waals surface area contributed by atoms with Gasteiger partial charge in [0.2, 0.25) is 5.16 Å². The first-order valence-corrected chi connectivity index (χ1v) is 11.8. The first-order valence-electron chi connectivity index (χ1n) is 11.0. The molecule has 0 unspecified atom stereocenters. The second-order valence-corrected chi connectivity index (χ2v) is 8.66. The topological polar surface area (TPSA) is 130 Å². The van der Waals surface area contributed by atoms with Crippen LogP contribution in [0.3, 0.4) is 0 Å². The maximum absolute atomic E-state index is 11.9. The molecule has 0 aliphatic heterocycles. The minimum atomic E-state index is -1.10. The third-order valence-electron chi connectivity index (χ3n) is 5.17. The standard InChI is InChI=1S/C27H22N4O5S/c1-34-22-12-20(13-23(14-22)35-2)25-29-27(31-30-25)37-24(26(32)33)11-17-7-9-21(10-8-17)36-16-19-5-3-18(15-28)4-6-19/h3-14H,16H2,1-2H3,(H,32,33)(H,29,30,31)/b24-11-. The Morgan fingerprint density at radius 3 is 2.30 bits per heavy atom. The number of carbonyl (C=O) groups is 1. The van der Waals surface area contributed by atoms with E-state index in [1.807, 2.05) is 12.1 Å². The van der Waals surface area contributed by atoms with Gasteiger partial charge in [-0.25, -0.2) is 9.78 Å². The van der Waals surface area contributed by atoms with Gasteiger partial charge in [-0.1, -0.05) is 24.3 Å². The van der Waals surface area contributed by atoms with Crippen molar-refractivity contribution < 1.29 is 24.1 Å². The first-order chi connectivity index (χ1) is 18.0. The summed E-state index contributed by atoms with van der Waals surface area (Å²) in [7, 11) is 3.11. The fourth-order valence-corrected chi connectivity index (χ4v) is 3.96. The molecule has 0 fully saturated rings. The van der Waals surface area contributed by atoms with Gasteiger partial charge in [0.15, 0.2) is 5.82 Å². The van der Waals surface area contributed by atoms with E-state index in [4.69, 9.17) is 19.5 Å². The van der Waals surface area contributed by atoms with Crippen molar-refractivity contribution >= 4 is 23.8 Å². The lowest BCUT2D eigenvalue weighted by atomic mass is 10.1. The molecule has 0 radical (unpaired) electrons. The highest BCUT2D eigenvalue weighted by Gasteiger charge is 2.15. The Hall–Kier alpha value is -4.75. The van der Waals surface area contributed by atoms with Crippen LogP contribution in [0.5, 0.6) is 17.2 Å². The van der Waals surface area contributed by atoms with E-state index in [0.717, 1.165) is 17.3 Å². The Labute approximate surface area is 217 Å². The van der Waals surface area contributed by atoms with E-state index in [1.54, 1.807) is 74.9 Å². The van der Waals surface area contributed by atoms with Crippen LogP contribution in [0.4, 0.5) is 0 Å². The highest BCUT2D eigenvalue weighted by Crippen LogP contribution is 2.31. The number of carboxylic acids is 1. The van der Waals surface area contributed by atoms with Crippen LogP contribution in [0.25, 0.3) is 17.5 Å². The molecule has 1 heterocycles. The van der Waals surface area contributed by atoms with Gasteiger partial charge < -0.3 is 19.3 Å². The van der Waals surface area contributed by atoms with Crippen molar-refractivity contribution in [3.8, 4) is 34.7 Å². The average molecular weight is 515 g/mol. The van der Waals surface area contributed by atoms with E-state index in [-0.39, 0.29) is 10.1 Å².